The first-order valence-corrected chi connectivity index (χ1v) is 5.44. The Balaban J connectivity index is 2.59. The fraction of sp³-hybridized carbons (Fsp3) is 0.250. The number of benzene rings is 1. The summed E-state index contributed by atoms with van der Waals surface area (Å²) in [5.74, 6) is 4.19. The van der Waals surface area contributed by atoms with Crippen LogP contribution in [0.4, 0.5) is 8.78 Å². The summed E-state index contributed by atoms with van der Waals surface area (Å²) in [5.41, 5.74) is 3.29. The van der Waals surface area contributed by atoms with Gasteiger partial charge in [0.25, 0.3) is 0 Å². The van der Waals surface area contributed by atoms with E-state index < -0.39 is 17.7 Å². The summed E-state index contributed by atoms with van der Waals surface area (Å²) in [5, 5.41) is 3.97. The number of aromatic nitrogens is 2. The highest BCUT2D eigenvalue weighted by atomic mass is 19.1. The summed E-state index contributed by atoms with van der Waals surface area (Å²) in [6.07, 6.45) is 1.55. The maximum absolute atomic E-state index is 14.1. The summed E-state index contributed by atoms with van der Waals surface area (Å²) < 4.78 is 29.4. The summed E-state index contributed by atoms with van der Waals surface area (Å²) in [6, 6.07) is 3.50. The molecule has 96 valence electrons. The van der Waals surface area contributed by atoms with Crippen molar-refractivity contribution in [2.24, 2.45) is 12.9 Å². The molecule has 1 unspecified atom stereocenters. The third kappa shape index (κ3) is 2.00. The molecule has 0 saturated carbocycles. The minimum absolute atomic E-state index is 0.0962. The lowest BCUT2D eigenvalue weighted by atomic mass is 10.0. The first kappa shape index (κ1) is 12.7. The van der Waals surface area contributed by atoms with Crippen LogP contribution in [0.5, 0.6) is 0 Å². The largest absolute Gasteiger partial charge is 0.271 e. The van der Waals surface area contributed by atoms with Gasteiger partial charge in [0.05, 0.1) is 11.7 Å². The molecule has 4 nitrogen and oxygen atoms in total. The summed E-state index contributed by atoms with van der Waals surface area (Å²) in [6.45, 7) is 1.58. The van der Waals surface area contributed by atoms with Crippen molar-refractivity contribution in [1.29, 1.82) is 0 Å². The normalized spacial score (nSPS) is 12.7. The first-order valence-electron chi connectivity index (χ1n) is 5.44. The van der Waals surface area contributed by atoms with Gasteiger partial charge in [-0.3, -0.25) is 10.5 Å². The third-order valence-electron chi connectivity index (χ3n) is 2.93. The van der Waals surface area contributed by atoms with Crippen LogP contribution >= 0.6 is 0 Å². The standard InChI is InChI=1S/C12H14F2N4/c1-7-3-4-8(13)10(11(7)14)12(17-15)9-5-6-16-18(9)2/h3-6,12,17H,15H2,1-2H3. The van der Waals surface area contributed by atoms with E-state index in [9.17, 15) is 8.78 Å². The second-order valence-corrected chi connectivity index (χ2v) is 4.07. The average Bonchev–Trinajstić information content (AvgIpc) is 2.76. The SMILES string of the molecule is Cc1ccc(F)c(C(NN)c2ccnn2C)c1F. The second kappa shape index (κ2) is 4.83. The van der Waals surface area contributed by atoms with Gasteiger partial charge in [0.15, 0.2) is 0 Å². The number of aryl methyl sites for hydroxylation is 2. The van der Waals surface area contributed by atoms with Crippen LogP contribution in [0.3, 0.4) is 0 Å². The van der Waals surface area contributed by atoms with Gasteiger partial charge in [-0.25, -0.2) is 14.2 Å². The molecule has 0 aliphatic rings. The number of nitrogens with zero attached hydrogens (tertiary/aromatic N) is 2. The Morgan fingerprint density at radius 2 is 2.06 bits per heavy atom. The molecule has 18 heavy (non-hydrogen) atoms. The molecule has 0 saturated heterocycles. The highest BCUT2D eigenvalue weighted by Crippen LogP contribution is 2.27. The molecule has 0 amide bonds. The zero-order valence-electron chi connectivity index (χ0n) is 10.1. The summed E-state index contributed by atoms with van der Waals surface area (Å²) in [4.78, 5) is 0. The van der Waals surface area contributed by atoms with Crippen molar-refractivity contribution in [3.8, 4) is 0 Å². The molecule has 0 aliphatic heterocycles. The highest BCUT2D eigenvalue weighted by Gasteiger charge is 2.24. The van der Waals surface area contributed by atoms with E-state index in [0.717, 1.165) is 0 Å². The lowest BCUT2D eigenvalue weighted by Gasteiger charge is -2.18. The van der Waals surface area contributed by atoms with Gasteiger partial charge in [-0.1, -0.05) is 6.07 Å². The van der Waals surface area contributed by atoms with E-state index in [1.165, 1.54) is 16.8 Å². The topological polar surface area (TPSA) is 55.9 Å². The van der Waals surface area contributed by atoms with Crippen LogP contribution in [-0.2, 0) is 7.05 Å². The molecule has 0 radical (unpaired) electrons. The highest BCUT2D eigenvalue weighted by molar-refractivity contribution is 5.34. The number of nitrogens with two attached hydrogens (primary N) is 1. The van der Waals surface area contributed by atoms with Gasteiger partial charge in [-0.2, -0.15) is 5.10 Å². The van der Waals surface area contributed by atoms with Crippen LogP contribution in [0.15, 0.2) is 24.4 Å². The predicted octanol–water partition coefficient (Wildman–Crippen LogP) is 1.56. The van der Waals surface area contributed by atoms with Gasteiger partial charge >= 0.3 is 0 Å². The fourth-order valence-corrected chi connectivity index (χ4v) is 1.93. The van der Waals surface area contributed by atoms with Gasteiger partial charge in [0.2, 0.25) is 0 Å². The van der Waals surface area contributed by atoms with Crippen LogP contribution in [0.1, 0.15) is 22.9 Å². The van der Waals surface area contributed by atoms with Crippen LogP contribution in [0, 0.1) is 18.6 Å². The van der Waals surface area contributed by atoms with Crippen molar-refractivity contribution in [2.45, 2.75) is 13.0 Å². The summed E-state index contributed by atoms with van der Waals surface area (Å²) in [7, 11) is 1.69. The molecule has 0 fully saturated rings. The quantitative estimate of drug-likeness (QED) is 0.644. The molecule has 1 heterocycles. The van der Waals surface area contributed by atoms with Crippen molar-refractivity contribution >= 4 is 0 Å². The molecule has 6 heteroatoms. The molecule has 1 atom stereocenters. The van der Waals surface area contributed by atoms with Crippen LogP contribution in [0.25, 0.3) is 0 Å². The van der Waals surface area contributed by atoms with E-state index >= 15 is 0 Å². The van der Waals surface area contributed by atoms with E-state index in [4.69, 9.17) is 5.84 Å². The molecule has 0 aliphatic carbocycles. The minimum Gasteiger partial charge on any atom is -0.271 e. The van der Waals surface area contributed by atoms with Crippen molar-refractivity contribution in [3.05, 3.63) is 52.9 Å². The number of hydrogen-bond acceptors (Lipinski definition) is 3. The van der Waals surface area contributed by atoms with Crippen LogP contribution in [-0.4, -0.2) is 9.78 Å². The Morgan fingerprint density at radius 1 is 1.33 bits per heavy atom. The lowest BCUT2D eigenvalue weighted by molar-refractivity contribution is 0.490. The molecule has 0 spiro atoms. The monoisotopic (exact) mass is 252 g/mol. The average molecular weight is 252 g/mol. The molecule has 1 aromatic carbocycles. The smallest absolute Gasteiger partial charge is 0.134 e. The number of halogens is 2. The zero-order chi connectivity index (χ0) is 13.3. The predicted molar refractivity (Wildman–Crippen MR) is 63.5 cm³/mol. The fourth-order valence-electron chi connectivity index (χ4n) is 1.93. The van der Waals surface area contributed by atoms with Crippen molar-refractivity contribution in [3.63, 3.8) is 0 Å². The first-order chi connectivity index (χ1) is 8.56. The Hall–Kier alpha value is -1.79. The molecule has 1 aromatic heterocycles. The molecular weight excluding hydrogens is 238 g/mol. The number of hydrazine groups is 1. The van der Waals surface area contributed by atoms with Crippen LogP contribution < -0.4 is 11.3 Å². The maximum Gasteiger partial charge on any atom is 0.134 e. The molecule has 2 aromatic rings. The van der Waals surface area contributed by atoms with E-state index in [-0.39, 0.29) is 5.56 Å². The Labute approximate surface area is 103 Å². The molecular formula is C12H14F2N4. The van der Waals surface area contributed by atoms with Gasteiger partial charge < -0.3 is 0 Å². The Kier molecular flexibility index (Phi) is 3.40. The van der Waals surface area contributed by atoms with E-state index in [2.05, 4.69) is 10.5 Å². The van der Waals surface area contributed by atoms with Gasteiger partial charge in [0.1, 0.15) is 11.6 Å². The lowest BCUT2D eigenvalue weighted by Crippen LogP contribution is -2.32. The number of nitrogens with one attached hydrogen (secondary N) is 1. The number of rotatable bonds is 3. The third-order valence-corrected chi connectivity index (χ3v) is 2.93. The summed E-state index contributed by atoms with van der Waals surface area (Å²) >= 11 is 0. The van der Waals surface area contributed by atoms with E-state index in [0.29, 0.717) is 11.3 Å². The van der Waals surface area contributed by atoms with E-state index in [1.54, 1.807) is 26.2 Å². The molecule has 3 N–H and O–H groups in total. The maximum atomic E-state index is 14.1. The van der Waals surface area contributed by atoms with Crippen molar-refractivity contribution in [1.82, 2.24) is 15.2 Å². The minimum atomic E-state index is -0.780. The van der Waals surface area contributed by atoms with Gasteiger partial charge in [-0.15, -0.1) is 0 Å². The van der Waals surface area contributed by atoms with E-state index in [1.807, 2.05) is 0 Å². The van der Waals surface area contributed by atoms with Gasteiger partial charge in [0, 0.05) is 18.8 Å². The van der Waals surface area contributed by atoms with Crippen LogP contribution in [0.2, 0.25) is 0 Å². The zero-order valence-corrected chi connectivity index (χ0v) is 10.1. The Bertz CT molecular complexity index is 565. The van der Waals surface area contributed by atoms with Gasteiger partial charge in [-0.05, 0) is 24.6 Å². The molecule has 0 bridgehead atoms. The van der Waals surface area contributed by atoms with Crippen molar-refractivity contribution in [2.75, 3.05) is 0 Å². The van der Waals surface area contributed by atoms with Crippen molar-refractivity contribution < 1.29 is 8.78 Å². The second-order valence-electron chi connectivity index (χ2n) is 4.07. The Morgan fingerprint density at radius 3 is 2.61 bits per heavy atom. The number of hydrogen-bond donors (Lipinski definition) is 2. The molecule has 2 rings (SSSR count).